The number of alkyl halides is 3. The molecule has 1 N–H and O–H groups in total. The first-order chi connectivity index (χ1) is 15.6. The molecular formula is C23H19F5N2O2S. The number of hydrogen-bond donors (Lipinski definition) is 1. The van der Waals surface area contributed by atoms with Crippen LogP contribution in [0.1, 0.15) is 11.1 Å². The van der Waals surface area contributed by atoms with E-state index in [0.29, 0.717) is 4.90 Å². The van der Waals surface area contributed by atoms with E-state index in [1.807, 2.05) is 0 Å². The van der Waals surface area contributed by atoms with Gasteiger partial charge in [-0.15, -0.1) is 0 Å². The topological polar surface area (TPSA) is 49.4 Å². The summed E-state index contributed by atoms with van der Waals surface area (Å²) in [4.78, 5) is 12.6. The molecule has 3 aromatic rings. The molecule has 1 atom stereocenters. The normalized spacial score (nSPS) is 12.6. The van der Waals surface area contributed by atoms with Crippen LogP contribution in [0.25, 0.3) is 11.1 Å². The van der Waals surface area contributed by atoms with Crippen molar-refractivity contribution in [3.8, 4) is 11.1 Å². The second kappa shape index (κ2) is 10.2. The summed E-state index contributed by atoms with van der Waals surface area (Å²) in [6.45, 7) is -0.430. The summed E-state index contributed by atoms with van der Waals surface area (Å²) in [7, 11) is -0.246. The highest BCUT2D eigenvalue weighted by Gasteiger charge is 2.30. The van der Waals surface area contributed by atoms with Gasteiger partial charge in [-0.3, -0.25) is 4.79 Å². The lowest BCUT2D eigenvalue weighted by molar-refractivity contribution is -0.137. The molecule has 4 nitrogen and oxygen atoms in total. The van der Waals surface area contributed by atoms with Crippen LogP contribution in [0.3, 0.4) is 0 Å². The first-order valence-corrected chi connectivity index (χ1v) is 10.8. The summed E-state index contributed by atoms with van der Waals surface area (Å²) in [6.07, 6.45) is -4.49. The van der Waals surface area contributed by atoms with E-state index in [1.54, 1.807) is 0 Å². The highest BCUT2D eigenvalue weighted by Crippen LogP contribution is 2.32. The molecule has 1 amide bonds. The Morgan fingerprint density at radius 3 is 2.21 bits per heavy atom. The monoisotopic (exact) mass is 482 g/mol. The Labute approximate surface area is 189 Å². The van der Waals surface area contributed by atoms with Crippen LogP contribution in [0, 0.1) is 11.6 Å². The third-order valence-corrected chi connectivity index (χ3v) is 6.11. The molecule has 1 unspecified atom stereocenters. The molecule has 10 heteroatoms. The number of hydrogen-bond acceptors (Lipinski definition) is 2. The van der Waals surface area contributed by atoms with Gasteiger partial charge >= 0.3 is 6.18 Å². The van der Waals surface area contributed by atoms with E-state index in [0.717, 1.165) is 24.3 Å². The van der Waals surface area contributed by atoms with Crippen molar-refractivity contribution < 1.29 is 31.0 Å². The van der Waals surface area contributed by atoms with Gasteiger partial charge in [0.2, 0.25) is 5.91 Å². The molecule has 174 valence electrons. The van der Waals surface area contributed by atoms with Gasteiger partial charge < -0.3 is 5.32 Å². The van der Waals surface area contributed by atoms with E-state index in [1.165, 1.54) is 53.8 Å². The molecule has 0 fully saturated rings. The molecule has 0 aromatic heterocycles. The lowest BCUT2D eigenvalue weighted by Gasteiger charge is -2.16. The van der Waals surface area contributed by atoms with E-state index in [4.69, 9.17) is 0 Å². The second-order valence-corrected chi connectivity index (χ2v) is 8.71. The Balaban J connectivity index is 1.64. The fraction of sp³-hybridized carbons (Fsp3) is 0.174. The molecule has 0 aliphatic heterocycles. The van der Waals surface area contributed by atoms with Crippen LogP contribution in [-0.4, -0.2) is 28.0 Å². The molecule has 0 radical (unpaired) electrons. The van der Waals surface area contributed by atoms with Crippen molar-refractivity contribution in [2.75, 3.05) is 13.6 Å². The third kappa shape index (κ3) is 6.23. The number of nitrogens with zero attached hydrogens (tertiary/aromatic N) is 1. The molecule has 0 aliphatic carbocycles. The molecule has 33 heavy (non-hydrogen) atoms. The van der Waals surface area contributed by atoms with Crippen molar-refractivity contribution in [2.45, 2.75) is 17.6 Å². The fourth-order valence-corrected chi connectivity index (χ4v) is 3.98. The lowest BCUT2D eigenvalue weighted by Crippen LogP contribution is -2.35. The minimum absolute atomic E-state index is 0.102. The Hall–Kier alpha value is -3.11. The number of amides is 1. The zero-order valence-electron chi connectivity index (χ0n) is 17.3. The van der Waals surface area contributed by atoms with E-state index in [2.05, 4.69) is 5.32 Å². The highest BCUT2D eigenvalue weighted by atomic mass is 32.2. The molecule has 0 aliphatic rings. The van der Waals surface area contributed by atoms with Gasteiger partial charge in [0.15, 0.2) is 0 Å². The molecule has 0 spiro atoms. The number of rotatable bonds is 7. The van der Waals surface area contributed by atoms with Crippen LogP contribution < -0.4 is 5.32 Å². The van der Waals surface area contributed by atoms with Crippen LogP contribution in [0.2, 0.25) is 0 Å². The predicted octanol–water partition coefficient (Wildman–Crippen LogP) is 4.92. The quantitative estimate of drug-likeness (QED) is 0.486. The first-order valence-electron chi connectivity index (χ1n) is 9.66. The number of benzene rings is 3. The second-order valence-electron chi connectivity index (χ2n) is 7.12. The van der Waals surface area contributed by atoms with Gasteiger partial charge in [-0.05, 0) is 42.0 Å². The molecular weight excluding hydrogens is 463 g/mol. The lowest BCUT2D eigenvalue weighted by atomic mass is 10.0. The van der Waals surface area contributed by atoms with Crippen molar-refractivity contribution in [1.29, 1.82) is 0 Å². The zero-order chi connectivity index (χ0) is 24.2. The number of carbonyl (C=O) groups is 1. The molecule has 0 saturated heterocycles. The van der Waals surface area contributed by atoms with Crippen LogP contribution in [0.15, 0.2) is 71.6 Å². The molecule has 3 rings (SSSR count). The molecule has 0 saturated carbocycles. The van der Waals surface area contributed by atoms with Gasteiger partial charge in [-0.2, -0.15) is 13.2 Å². The largest absolute Gasteiger partial charge is 0.416 e. The number of nitrogens with one attached hydrogen (secondary N) is 1. The first kappa shape index (κ1) is 24.5. The van der Waals surface area contributed by atoms with Gasteiger partial charge in [0.25, 0.3) is 0 Å². The van der Waals surface area contributed by atoms with Gasteiger partial charge in [-0.25, -0.2) is 17.3 Å². The standard InChI is InChI=1S/C23H19F5N2O2S/c1-30(33(32)19-11-9-18(24)10-12-19)14-21(31)29-13-16-3-2-4-20(22(16)25)15-5-7-17(8-6-15)23(26,27)28/h2-12H,13-14H2,1H3,(H,29,31). The van der Waals surface area contributed by atoms with Crippen molar-refractivity contribution >= 4 is 16.9 Å². The summed E-state index contributed by atoms with van der Waals surface area (Å²) < 4.78 is 79.8. The summed E-state index contributed by atoms with van der Waals surface area (Å²) in [6, 6.07) is 13.6. The van der Waals surface area contributed by atoms with E-state index < -0.39 is 40.3 Å². The van der Waals surface area contributed by atoms with E-state index in [-0.39, 0.29) is 29.8 Å². The maximum Gasteiger partial charge on any atom is 0.416 e. The molecule has 0 bridgehead atoms. The fourth-order valence-electron chi connectivity index (χ4n) is 3.02. The predicted molar refractivity (Wildman–Crippen MR) is 114 cm³/mol. The maximum absolute atomic E-state index is 14.9. The molecule has 3 aromatic carbocycles. The van der Waals surface area contributed by atoms with Gasteiger partial charge in [0.05, 0.1) is 17.0 Å². The van der Waals surface area contributed by atoms with Gasteiger partial charge in [0, 0.05) is 24.7 Å². The van der Waals surface area contributed by atoms with Crippen LogP contribution in [0.4, 0.5) is 22.0 Å². The Kier molecular flexibility index (Phi) is 7.60. The third-order valence-electron chi connectivity index (χ3n) is 4.74. The highest BCUT2D eigenvalue weighted by molar-refractivity contribution is 7.82. The summed E-state index contributed by atoms with van der Waals surface area (Å²) in [5, 5.41) is 2.53. The molecule has 0 heterocycles. The SMILES string of the molecule is CN(CC(=O)NCc1cccc(-c2ccc(C(F)(F)F)cc2)c1F)S(=O)c1ccc(F)cc1. The summed E-state index contributed by atoms with van der Waals surface area (Å²) >= 11 is 0. The number of halogens is 5. The van der Waals surface area contributed by atoms with E-state index in [9.17, 15) is 31.0 Å². The van der Waals surface area contributed by atoms with Crippen molar-refractivity contribution in [3.63, 3.8) is 0 Å². The summed E-state index contributed by atoms with van der Waals surface area (Å²) in [5.41, 5.74) is -0.326. The average molecular weight is 482 g/mol. The van der Waals surface area contributed by atoms with Crippen molar-refractivity contribution in [1.82, 2.24) is 9.62 Å². The zero-order valence-corrected chi connectivity index (χ0v) is 18.1. The van der Waals surface area contributed by atoms with Crippen LogP contribution in [-0.2, 0) is 28.5 Å². The smallest absolute Gasteiger partial charge is 0.351 e. The Morgan fingerprint density at radius 1 is 0.970 bits per heavy atom. The Morgan fingerprint density at radius 2 is 1.61 bits per heavy atom. The maximum atomic E-state index is 14.9. The minimum atomic E-state index is -4.49. The average Bonchev–Trinajstić information content (AvgIpc) is 2.78. The Bertz CT molecular complexity index is 1150. The van der Waals surface area contributed by atoms with Crippen molar-refractivity contribution in [2.24, 2.45) is 0 Å². The number of carbonyl (C=O) groups excluding carboxylic acids is 1. The van der Waals surface area contributed by atoms with Gasteiger partial charge in [-0.1, -0.05) is 30.3 Å². The van der Waals surface area contributed by atoms with Crippen LogP contribution in [0.5, 0.6) is 0 Å². The number of likely N-dealkylation sites (N-methyl/N-ethyl adjacent to an activating group) is 1. The van der Waals surface area contributed by atoms with Crippen molar-refractivity contribution in [3.05, 3.63) is 89.5 Å². The summed E-state index contributed by atoms with van der Waals surface area (Å²) in [5.74, 6) is -1.66. The minimum Gasteiger partial charge on any atom is -0.351 e. The van der Waals surface area contributed by atoms with Gasteiger partial charge in [0.1, 0.15) is 22.6 Å². The van der Waals surface area contributed by atoms with Crippen LogP contribution >= 0.6 is 0 Å². The van der Waals surface area contributed by atoms with E-state index >= 15 is 0 Å².